The van der Waals surface area contributed by atoms with Crippen LogP contribution in [0.4, 0.5) is 15.3 Å². The molecule has 0 aliphatic carbocycles. The quantitative estimate of drug-likeness (QED) is 0.609. The molecule has 2 aromatic rings. The van der Waals surface area contributed by atoms with Crippen LogP contribution in [0, 0.1) is 13.8 Å². The molecule has 3 heterocycles. The van der Waals surface area contributed by atoms with Crippen molar-refractivity contribution in [3.8, 4) is 0 Å². The number of thioether (sulfide) groups is 1. The minimum Gasteiger partial charge on any atom is -0.445 e. The summed E-state index contributed by atoms with van der Waals surface area (Å²) < 4.78 is 5.65. The van der Waals surface area contributed by atoms with Gasteiger partial charge in [0.1, 0.15) is 12.6 Å². The van der Waals surface area contributed by atoms with Gasteiger partial charge >= 0.3 is 12.1 Å². The highest BCUT2D eigenvalue weighted by molar-refractivity contribution is 7.99. The van der Waals surface area contributed by atoms with Crippen molar-refractivity contribution < 1.29 is 19.1 Å². The Morgan fingerprint density at radius 1 is 0.923 bits per heavy atom. The summed E-state index contributed by atoms with van der Waals surface area (Å²) in [7, 11) is 0. The van der Waals surface area contributed by atoms with Gasteiger partial charge in [-0.2, -0.15) is 0 Å². The van der Waals surface area contributed by atoms with Crippen LogP contribution in [-0.2, 0) is 16.1 Å². The lowest BCUT2D eigenvalue weighted by Gasteiger charge is -2.38. The van der Waals surface area contributed by atoms with Gasteiger partial charge in [-0.05, 0) is 37.0 Å². The van der Waals surface area contributed by atoms with Gasteiger partial charge in [0.2, 0.25) is 5.91 Å². The van der Waals surface area contributed by atoms with Crippen LogP contribution in [0.25, 0.3) is 0 Å². The van der Waals surface area contributed by atoms with E-state index in [9.17, 15) is 14.4 Å². The molecule has 0 radical (unpaired) electrons. The van der Waals surface area contributed by atoms with Gasteiger partial charge in [0.25, 0.3) is 0 Å². The molecule has 4 amide bonds. The maximum Gasteiger partial charge on any atom is 0.410 e. The number of rotatable bonds is 5. The Kier molecular flexibility index (Phi) is 8.62. The van der Waals surface area contributed by atoms with Gasteiger partial charge in [-0.15, -0.1) is 11.8 Å². The fourth-order valence-corrected chi connectivity index (χ4v) is 6.56. The number of carbonyl (C=O) groups excluding carboxylic acids is 3. The Hall–Kier alpha value is -3.24. The molecule has 2 aromatic carbocycles. The maximum absolute atomic E-state index is 13.4. The lowest BCUT2D eigenvalue weighted by molar-refractivity contribution is -0.134. The van der Waals surface area contributed by atoms with Crippen LogP contribution in [0.5, 0.6) is 0 Å². The zero-order valence-corrected chi connectivity index (χ0v) is 23.5. The molecule has 1 N–H and O–H groups in total. The Labute approximate surface area is 234 Å². The van der Waals surface area contributed by atoms with Crippen molar-refractivity contribution in [2.75, 3.05) is 56.2 Å². The number of piperazine rings is 1. The number of likely N-dealkylation sites (tertiary alicyclic amines) is 1. The summed E-state index contributed by atoms with van der Waals surface area (Å²) in [5.41, 5.74) is 3.86. The maximum atomic E-state index is 13.4. The molecular formula is C29H37N5O4S. The topological polar surface area (TPSA) is 85.4 Å². The summed E-state index contributed by atoms with van der Waals surface area (Å²) >= 11 is 1.74. The SMILES string of the molecule is Cc1cccc(C)c1NC(=O)N1CCN(C2CC(C(=O)N3CCSC3)N(C(=O)OCc3ccccc3)C2)CC1. The summed E-state index contributed by atoms with van der Waals surface area (Å²) in [5, 5.41) is 3.08. The van der Waals surface area contributed by atoms with Gasteiger partial charge in [0.05, 0.1) is 5.88 Å². The standard InChI is InChI=1S/C29H37N5O4S/c1-21-7-6-8-22(2)26(21)30-28(36)32-13-11-31(12-14-32)24-17-25(27(35)33-15-16-39-20-33)34(18-24)29(37)38-19-23-9-4-3-5-10-23/h3-10,24-25H,11-20H2,1-2H3,(H,30,36). The number of para-hydroxylation sites is 1. The Balaban J connectivity index is 1.20. The smallest absolute Gasteiger partial charge is 0.410 e. The molecule has 9 nitrogen and oxygen atoms in total. The van der Waals surface area contributed by atoms with Crippen molar-refractivity contribution in [3.05, 3.63) is 65.2 Å². The van der Waals surface area contributed by atoms with E-state index in [1.807, 2.05) is 72.2 Å². The van der Waals surface area contributed by atoms with Crippen LogP contribution in [0.2, 0.25) is 0 Å². The Morgan fingerprint density at radius 3 is 2.31 bits per heavy atom. The van der Waals surface area contributed by atoms with E-state index in [0.29, 0.717) is 51.6 Å². The van der Waals surface area contributed by atoms with Crippen molar-refractivity contribution in [1.82, 2.24) is 19.6 Å². The molecule has 5 rings (SSSR count). The molecule has 2 unspecified atom stereocenters. The fourth-order valence-electron chi connectivity index (χ4n) is 5.60. The molecule has 0 spiro atoms. The highest BCUT2D eigenvalue weighted by Gasteiger charge is 2.45. The summed E-state index contributed by atoms with van der Waals surface area (Å²) in [6.07, 6.45) is 0.132. The van der Waals surface area contributed by atoms with Gasteiger partial charge in [0, 0.05) is 56.8 Å². The molecule has 2 atom stereocenters. The highest BCUT2D eigenvalue weighted by Crippen LogP contribution is 2.28. The summed E-state index contributed by atoms with van der Waals surface area (Å²) in [4.78, 5) is 47.2. The number of ether oxygens (including phenoxy) is 1. The number of hydrogen-bond acceptors (Lipinski definition) is 6. The number of amides is 4. The average Bonchev–Trinajstić information content (AvgIpc) is 3.65. The van der Waals surface area contributed by atoms with E-state index >= 15 is 0 Å². The molecule has 3 aliphatic heterocycles. The van der Waals surface area contributed by atoms with Crippen molar-refractivity contribution in [2.24, 2.45) is 0 Å². The Bertz CT molecular complexity index is 1160. The van der Waals surface area contributed by atoms with Crippen LogP contribution in [0.3, 0.4) is 0 Å². The monoisotopic (exact) mass is 551 g/mol. The van der Waals surface area contributed by atoms with Crippen molar-refractivity contribution in [1.29, 1.82) is 0 Å². The van der Waals surface area contributed by atoms with Gasteiger partial charge in [-0.1, -0.05) is 48.5 Å². The summed E-state index contributed by atoms with van der Waals surface area (Å²) in [6.45, 7) is 7.89. The average molecular weight is 552 g/mol. The van der Waals surface area contributed by atoms with Crippen LogP contribution < -0.4 is 5.32 Å². The number of urea groups is 1. The first-order valence-electron chi connectivity index (χ1n) is 13.6. The predicted molar refractivity (Wildman–Crippen MR) is 153 cm³/mol. The second-order valence-electron chi connectivity index (χ2n) is 10.5. The summed E-state index contributed by atoms with van der Waals surface area (Å²) in [5.74, 6) is 1.60. The van der Waals surface area contributed by atoms with Gasteiger partial charge < -0.3 is 19.9 Å². The number of benzene rings is 2. The zero-order chi connectivity index (χ0) is 27.4. The lowest BCUT2D eigenvalue weighted by atomic mass is 10.1. The lowest BCUT2D eigenvalue weighted by Crippen LogP contribution is -2.53. The van der Waals surface area contributed by atoms with E-state index in [-0.39, 0.29) is 24.6 Å². The number of nitrogens with one attached hydrogen (secondary N) is 1. The van der Waals surface area contributed by atoms with Crippen LogP contribution >= 0.6 is 11.8 Å². The van der Waals surface area contributed by atoms with Crippen molar-refractivity contribution in [2.45, 2.75) is 39.0 Å². The first-order chi connectivity index (χ1) is 18.9. The minimum absolute atomic E-state index is 0.00535. The van der Waals surface area contributed by atoms with E-state index in [2.05, 4.69) is 10.2 Å². The largest absolute Gasteiger partial charge is 0.445 e. The van der Waals surface area contributed by atoms with E-state index in [0.717, 1.165) is 28.1 Å². The van der Waals surface area contributed by atoms with Gasteiger partial charge in [-0.3, -0.25) is 14.6 Å². The van der Waals surface area contributed by atoms with Crippen LogP contribution in [0.15, 0.2) is 48.5 Å². The third-order valence-electron chi connectivity index (χ3n) is 7.90. The number of hydrogen-bond donors (Lipinski definition) is 1. The highest BCUT2D eigenvalue weighted by atomic mass is 32.2. The van der Waals surface area contributed by atoms with Gasteiger partial charge in [-0.25, -0.2) is 9.59 Å². The molecular weight excluding hydrogens is 514 g/mol. The molecule has 3 aliphatic rings. The molecule has 0 aromatic heterocycles. The first kappa shape index (κ1) is 27.3. The van der Waals surface area contributed by atoms with Crippen LogP contribution in [-0.4, -0.2) is 101 Å². The second-order valence-corrected chi connectivity index (χ2v) is 11.5. The number of nitrogens with zero attached hydrogens (tertiary/aromatic N) is 4. The molecule has 0 saturated carbocycles. The molecule has 10 heteroatoms. The normalized spacial score (nSPS) is 21.7. The zero-order valence-electron chi connectivity index (χ0n) is 22.7. The fraction of sp³-hybridized carbons (Fsp3) is 0.483. The molecule has 39 heavy (non-hydrogen) atoms. The molecule has 3 fully saturated rings. The van der Waals surface area contributed by atoms with E-state index in [1.165, 1.54) is 0 Å². The summed E-state index contributed by atoms with van der Waals surface area (Å²) in [6, 6.07) is 15.0. The number of anilines is 1. The third-order valence-corrected chi connectivity index (χ3v) is 8.86. The number of aryl methyl sites for hydroxylation is 2. The Morgan fingerprint density at radius 2 is 1.64 bits per heavy atom. The molecule has 3 saturated heterocycles. The van der Waals surface area contributed by atoms with Gasteiger partial charge in [0.15, 0.2) is 0 Å². The van der Waals surface area contributed by atoms with E-state index in [4.69, 9.17) is 4.74 Å². The van der Waals surface area contributed by atoms with Crippen LogP contribution in [0.1, 0.15) is 23.1 Å². The first-order valence-corrected chi connectivity index (χ1v) is 14.8. The van der Waals surface area contributed by atoms with Crippen molar-refractivity contribution >= 4 is 35.5 Å². The number of carbonyl (C=O) groups is 3. The van der Waals surface area contributed by atoms with E-state index < -0.39 is 12.1 Å². The third kappa shape index (κ3) is 6.33. The second kappa shape index (κ2) is 12.3. The molecule has 0 bridgehead atoms. The van der Waals surface area contributed by atoms with E-state index in [1.54, 1.807) is 16.7 Å². The molecule has 208 valence electrons. The predicted octanol–water partition coefficient (Wildman–Crippen LogP) is 3.77. The van der Waals surface area contributed by atoms with Crippen molar-refractivity contribution in [3.63, 3.8) is 0 Å². The minimum atomic E-state index is -0.526.